The molecule has 2 atom stereocenters. The van der Waals surface area contributed by atoms with Gasteiger partial charge < -0.3 is 0 Å². The van der Waals surface area contributed by atoms with Gasteiger partial charge in [-0.05, 0) is 12.0 Å². The van der Waals surface area contributed by atoms with E-state index in [1.165, 1.54) is 5.56 Å². The van der Waals surface area contributed by atoms with Gasteiger partial charge >= 0.3 is 0 Å². The lowest BCUT2D eigenvalue weighted by Gasteiger charge is -2.14. The number of benzene rings is 1. The van der Waals surface area contributed by atoms with E-state index in [4.69, 9.17) is 0 Å². The fourth-order valence-electron chi connectivity index (χ4n) is 1.25. The summed E-state index contributed by atoms with van der Waals surface area (Å²) in [7, 11) is -0.0599. The number of hydrogen-bond acceptors (Lipinski definition) is 1. The van der Waals surface area contributed by atoms with Crippen LogP contribution in [-0.4, -0.2) is 5.87 Å². The van der Waals surface area contributed by atoms with E-state index in [1.54, 1.807) is 0 Å². The van der Waals surface area contributed by atoms with Gasteiger partial charge in [-0.15, -0.1) is 21.2 Å². The number of rotatable bonds is 3. The molecular weight excluding hydrogens is 184 g/mol. The summed E-state index contributed by atoms with van der Waals surface area (Å²) in [5.74, 6) is 3.98. The second-order valence-corrected chi connectivity index (χ2v) is 5.49. The molecule has 0 aromatic heterocycles. The minimum atomic E-state index is -0.0599. The molecule has 0 saturated heterocycles. The highest BCUT2D eigenvalue weighted by molar-refractivity contribution is 8.76. The lowest BCUT2D eigenvalue weighted by molar-refractivity contribution is 0.900. The zero-order valence-electron chi connectivity index (χ0n) is 7.23. The largest absolute Gasteiger partial charge is 0.131 e. The highest BCUT2D eigenvalue weighted by Gasteiger charge is 2.07. The molecule has 0 N–H and O–H groups in total. The Morgan fingerprint density at radius 1 is 1.42 bits per heavy atom. The lowest BCUT2D eigenvalue weighted by Crippen LogP contribution is -1.90. The Labute approximate surface area is 81.7 Å². The van der Waals surface area contributed by atoms with Crippen molar-refractivity contribution in [2.75, 3.05) is 0 Å². The van der Waals surface area contributed by atoms with Crippen molar-refractivity contribution in [3.05, 3.63) is 35.9 Å². The van der Waals surface area contributed by atoms with Crippen LogP contribution in [0.15, 0.2) is 30.3 Å². The Kier molecular flexibility index (Phi) is 3.89. The summed E-state index contributed by atoms with van der Waals surface area (Å²) < 4.78 is 0. The van der Waals surface area contributed by atoms with E-state index >= 15 is 0 Å². The van der Waals surface area contributed by atoms with E-state index in [0.717, 1.165) is 6.42 Å². The molecule has 0 spiro atoms. The van der Waals surface area contributed by atoms with Gasteiger partial charge in [-0.3, -0.25) is 0 Å². The molecule has 0 amide bonds. The van der Waals surface area contributed by atoms with Crippen LogP contribution in [0.2, 0.25) is 0 Å². The number of thiol groups is 1. The summed E-state index contributed by atoms with van der Waals surface area (Å²) in [6, 6.07) is 10.5. The third-order valence-corrected chi connectivity index (χ3v) is 3.90. The molecule has 0 saturated carbocycles. The number of hydrogen-bond donors (Lipinski definition) is 1. The summed E-state index contributed by atoms with van der Waals surface area (Å²) in [5.41, 5.74) is 1.35. The molecule has 12 heavy (non-hydrogen) atoms. The first-order chi connectivity index (χ1) is 5.75. The zero-order chi connectivity index (χ0) is 8.97. The van der Waals surface area contributed by atoms with Crippen molar-refractivity contribution in [3.63, 3.8) is 0 Å². The van der Waals surface area contributed by atoms with E-state index in [0.29, 0.717) is 5.25 Å². The van der Waals surface area contributed by atoms with Gasteiger partial charge in [0.15, 0.2) is 0 Å². The topological polar surface area (TPSA) is 0 Å². The quantitative estimate of drug-likeness (QED) is 0.427. The molecule has 0 nitrogen and oxygen atoms in total. The Bertz CT molecular complexity index is 254. The maximum Gasteiger partial charge on any atom is 0.0332 e. The summed E-state index contributed by atoms with van der Waals surface area (Å²) in [4.78, 5) is 0. The van der Waals surface area contributed by atoms with Crippen molar-refractivity contribution in [1.29, 1.82) is 0 Å². The van der Waals surface area contributed by atoms with Crippen LogP contribution in [0.5, 0.6) is 0 Å². The summed E-state index contributed by atoms with van der Waals surface area (Å²) in [6.07, 6.45) is 1.11. The van der Waals surface area contributed by atoms with Crippen LogP contribution < -0.4 is 0 Å². The van der Waals surface area contributed by atoms with Gasteiger partial charge in [-0.1, -0.05) is 43.1 Å². The predicted molar refractivity (Wildman–Crippen MR) is 63.2 cm³/mol. The summed E-state index contributed by atoms with van der Waals surface area (Å²) in [5, 5.41) is 0.509. The first-order valence-electron chi connectivity index (χ1n) is 4.02. The smallest absolute Gasteiger partial charge is 0.0332 e. The Hall–Kier alpha value is -0.210. The fourth-order valence-corrected chi connectivity index (χ4v) is 2.92. The van der Waals surface area contributed by atoms with Crippen molar-refractivity contribution >= 4 is 27.0 Å². The average molecular weight is 198 g/mol. The van der Waals surface area contributed by atoms with Gasteiger partial charge in [0, 0.05) is 5.25 Å². The van der Waals surface area contributed by atoms with Gasteiger partial charge in [0.25, 0.3) is 0 Å². The Balaban J connectivity index is 2.88. The minimum Gasteiger partial charge on any atom is -0.131 e. The van der Waals surface area contributed by atoms with E-state index in [9.17, 15) is 0 Å². The fraction of sp³-hybridized carbons (Fsp3) is 0.300. The molecule has 66 valence electrons. The average Bonchev–Trinajstić information content (AvgIpc) is 2.07. The van der Waals surface area contributed by atoms with Gasteiger partial charge in [0.05, 0.1) is 0 Å². The molecular formula is C10H14S2. The van der Waals surface area contributed by atoms with Crippen LogP contribution in [0.4, 0.5) is 0 Å². The van der Waals surface area contributed by atoms with Crippen LogP contribution in [0.3, 0.4) is 0 Å². The van der Waals surface area contributed by atoms with Crippen LogP contribution in [0.25, 0.3) is 0 Å². The normalized spacial score (nSPS) is 15.5. The molecule has 0 radical (unpaired) electrons. The molecule has 1 aromatic rings. The van der Waals surface area contributed by atoms with E-state index in [1.807, 2.05) is 6.07 Å². The third-order valence-electron chi connectivity index (χ3n) is 1.87. The first-order valence-corrected chi connectivity index (χ1v) is 6.53. The molecule has 2 unspecified atom stereocenters. The van der Waals surface area contributed by atoms with Crippen LogP contribution in [-0.2, 0) is 0 Å². The highest BCUT2D eigenvalue weighted by Crippen LogP contribution is 2.38. The van der Waals surface area contributed by atoms with Crippen LogP contribution in [0.1, 0.15) is 24.2 Å². The van der Waals surface area contributed by atoms with Gasteiger partial charge in [-0.25, -0.2) is 0 Å². The zero-order valence-corrected chi connectivity index (χ0v) is 8.94. The predicted octanol–water partition coefficient (Wildman–Crippen LogP) is 3.68. The summed E-state index contributed by atoms with van der Waals surface area (Å²) in [6.45, 7) is 2.18. The molecule has 1 aromatic carbocycles. The Morgan fingerprint density at radius 2 is 2.00 bits per heavy atom. The van der Waals surface area contributed by atoms with E-state index < -0.39 is 0 Å². The standard InChI is InChI=1S/C10H14S2/c1-3-10(12(2)11)9-7-5-4-6-8-9/h4-8,10-11H,2-3H2,1H3. The molecule has 2 heteroatoms. The molecule has 0 aliphatic heterocycles. The molecule has 1 rings (SSSR count). The minimum absolute atomic E-state index is 0.0599. The highest BCUT2D eigenvalue weighted by atomic mass is 33.1. The second-order valence-electron chi connectivity index (χ2n) is 2.71. The first kappa shape index (κ1) is 9.87. The van der Waals surface area contributed by atoms with Crippen molar-refractivity contribution in [2.45, 2.75) is 18.6 Å². The van der Waals surface area contributed by atoms with Gasteiger partial charge in [0.1, 0.15) is 0 Å². The van der Waals surface area contributed by atoms with Crippen molar-refractivity contribution in [3.8, 4) is 0 Å². The molecule has 0 fully saturated rings. The van der Waals surface area contributed by atoms with Crippen LogP contribution in [0, 0.1) is 0 Å². The maximum atomic E-state index is 4.40. The summed E-state index contributed by atoms with van der Waals surface area (Å²) >= 11 is 4.40. The SMILES string of the molecule is C=S(S)C(CC)c1ccccc1. The molecule has 0 bridgehead atoms. The van der Waals surface area contributed by atoms with E-state index in [-0.39, 0.29) is 9.52 Å². The molecule has 0 aliphatic carbocycles. The van der Waals surface area contributed by atoms with Crippen molar-refractivity contribution < 1.29 is 0 Å². The lowest BCUT2D eigenvalue weighted by atomic mass is 10.1. The van der Waals surface area contributed by atoms with Gasteiger partial charge in [0.2, 0.25) is 0 Å². The third kappa shape index (κ3) is 2.39. The van der Waals surface area contributed by atoms with Gasteiger partial charge in [-0.2, -0.15) is 0 Å². The van der Waals surface area contributed by atoms with Crippen molar-refractivity contribution in [2.24, 2.45) is 0 Å². The Morgan fingerprint density at radius 3 is 2.42 bits per heavy atom. The maximum absolute atomic E-state index is 4.40. The second kappa shape index (κ2) is 4.73. The van der Waals surface area contributed by atoms with Crippen LogP contribution >= 0.6 is 21.2 Å². The van der Waals surface area contributed by atoms with E-state index in [2.05, 4.69) is 48.7 Å². The molecule has 0 aliphatic rings. The van der Waals surface area contributed by atoms with Crippen molar-refractivity contribution in [1.82, 2.24) is 0 Å². The monoisotopic (exact) mass is 198 g/mol. The molecule has 0 heterocycles.